The molecule has 1 aromatic heterocycles. The van der Waals surface area contributed by atoms with Gasteiger partial charge >= 0.3 is 0 Å². The van der Waals surface area contributed by atoms with E-state index in [0.717, 1.165) is 11.1 Å². The van der Waals surface area contributed by atoms with Crippen LogP contribution in [0.5, 0.6) is 0 Å². The van der Waals surface area contributed by atoms with E-state index in [0.29, 0.717) is 28.2 Å². The number of aromatic amines is 1. The molecule has 1 N–H and O–H groups in total. The van der Waals surface area contributed by atoms with Gasteiger partial charge < -0.3 is 4.98 Å². The van der Waals surface area contributed by atoms with E-state index in [4.69, 9.17) is 34.8 Å². The topological polar surface area (TPSA) is 49.0 Å². The lowest BCUT2D eigenvalue weighted by Gasteiger charge is -2.19. The van der Waals surface area contributed by atoms with Crippen molar-refractivity contribution in [3.05, 3.63) is 70.3 Å². The zero-order chi connectivity index (χ0) is 17.8. The minimum absolute atomic E-state index is 0.134. The highest BCUT2D eigenvalue weighted by Gasteiger charge is 2.19. The highest BCUT2D eigenvalue weighted by molar-refractivity contribution is 6.36. The molecule has 0 aliphatic carbocycles. The molecule has 2 aromatic carbocycles. The number of benzene rings is 2. The second-order valence-electron chi connectivity index (χ2n) is 5.34. The maximum Gasteiger partial charge on any atom is 0.244 e. The minimum atomic E-state index is -0.242. The lowest BCUT2D eigenvalue weighted by Crippen LogP contribution is -2.32. The first kappa shape index (κ1) is 17.8. The summed E-state index contributed by atoms with van der Waals surface area (Å²) in [5.41, 5.74) is 2.42. The third kappa shape index (κ3) is 4.15. The fraction of sp³-hybridized carbons (Fsp3) is 0.111. The van der Waals surface area contributed by atoms with E-state index in [2.05, 4.69) is 9.97 Å². The van der Waals surface area contributed by atoms with Crippen LogP contribution in [0.1, 0.15) is 5.56 Å². The summed E-state index contributed by atoms with van der Waals surface area (Å²) in [6, 6.07) is 14.8. The number of aromatic nitrogens is 2. The van der Waals surface area contributed by atoms with Gasteiger partial charge in [-0.05, 0) is 23.8 Å². The van der Waals surface area contributed by atoms with E-state index in [1.165, 1.54) is 4.90 Å². The van der Waals surface area contributed by atoms with Crippen molar-refractivity contribution in [2.75, 3.05) is 10.8 Å². The summed E-state index contributed by atoms with van der Waals surface area (Å²) in [7, 11) is 0. The molecule has 1 amide bonds. The Morgan fingerprint density at radius 1 is 1.12 bits per heavy atom. The Balaban J connectivity index is 1.92. The average Bonchev–Trinajstić information content (AvgIpc) is 3.09. The van der Waals surface area contributed by atoms with Crippen molar-refractivity contribution in [3.63, 3.8) is 0 Å². The normalized spacial score (nSPS) is 10.7. The van der Waals surface area contributed by atoms with Crippen molar-refractivity contribution < 1.29 is 4.79 Å². The molecule has 0 spiro atoms. The van der Waals surface area contributed by atoms with Crippen LogP contribution in [-0.2, 0) is 11.3 Å². The van der Waals surface area contributed by atoms with Crippen LogP contribution in [0.3, 0.4) is 0 Å². The molecule has 3 aromatic rings. The lowest BCUT2D eigenvalue weighted by atomic mass is 10.2. The van der Waals surface area contributed by atoms with E-state index in [1.54, 1.807) is 24.4 Å². The Labute approximate surface area is 160 Å². The van der Waals surface area contributed by atoms with Crippen LogP contribution in [0.4, 0.5) is 5.95 Å². The van der Waals surface area contributed by atoms with Gasteiger partial charge in [-0.15, -0.1) is 11.6 Å². The zero-order valence-electron chi connectivity index (χ0n) is 13.0. The molecule has 0 unspecified atom stereocenters. The first-order valence-corrected chi connectivity index (χ1v) is 8.78. The molecule has 0 bridgehead atoms. The van der Waals surface area contributed by atoms with Crippen LogP contribution in [0.2, 0.25) is 10.0 Å². The summed E-state index contributed by atoms with van der Waals surface area (Å²) < 4.78 is 0. The van der Waals surface area contributed by atoms with Gasteiger partial charge in [0.25, 0.3) is 0 Å². The number of hydrogen-bond donors (Lipinski definition) is 1. The number of H-pyrrole nitrogens is 1. The van der Waals surface area contributed by atoms with Crippen LogP contribution in [-0.4, -0.2) is 21.8 Å². The molecule has 4 nitrogen and oxygen atoms in total. The van der Waals surface area contributed by atoms with Gasteiger partial charge in [0.15, 0.2) is 0 Å². The van der Waals surface area contributed by atoms with Crippen LogP contribution >= 0.6 is 34.8 Å². The number of halogens is 3. The molecule has 0 radical (unpaired) electrons. The first-order valence-electron chi connectivity index (χ1n) is 7.49. The van der Waals surface area contributed by atoms with Gasteiger partial charge in [0, 0.05) is 10.6 Å². The van der Waals surface area contributed by atoms with Crippen molar-refractivity contribution in [1.82, 2.24) is 9.97 Å². The molecule has 25 heavy (non-hydrogen) atoms. The van der Waals surface area contributed by atoms with Crippen LogP contribution in [0.15, 0.2) is 54.7 Å². The van der Waals surface area contributed by atoms with Gasteiger partial charge in [0.2, 0.25) is 11.9 Å². The van der Waals surface area contributed by atoms with Gasteiger partial charge in [-0.1, -0.05) is 53.5 Å². The number of alkyl halides is 1. The molecule has 7 heteroatoms. The van der Waals surface area contributed by atoms with Gasteiger partial charge in [-0.3, -0.25) is 9.69 Å². The van der Waals surface area contributed by atoms with Crippen LogP contribution in [0.25, 0.3) is 11.3 Å². The Morgan fingerprint density at radius 2 is 1.88 bits per heavy atom. The fourth-order valence-electron chi connectivity index (χ4n) is 2.41. The second kappa shape index (κ2) is 7.91. The number of carbonyl (C=O) groups is 1. The van der Waals surface area contributed by atoms with Crippen molar-refractivity contribution in [2.24, 2.45) is 0 Å². The Bertz CT molecular complexity index is 880. The number of amides is 1. The molecule has 0 fully saturated rings. The quantitative estimate of drug-likeness (QED) is 0.608. The fourth-order valence-corrected chi connectivity index (χ4v) is 3.07. The molecular weight excluding hydrogens is 381 g/mol. The smallest absolute Gasteiger partial charge is 0.244 e. The number of anilines is 1. The summed E-state index contributed by atoms with van der Waals surface area (Å²) in [5.74, 6) is 0.0361. The number of carbonyl (C=O) groups excluding carboxylic acids is 1. The summed E-state index contributed by atoms with van der Waals surface area (Å²) in [6.07, 6.45) is 1.63. The monoisotopic (exact) mass is 393 g/mol. The van der Waals surface area contributed by atoms with Crippen LogP contribution < -0.4 is 4.90 Å². The predicted octanol–water partition coefficient (Wildman–Crippen LogP) is 5.16. The standard InChI is InChI=1S/C18H14Cl3N3O/c19-9-17(25)24(11-12-4-2-1-3-5-12)18-22-10-16(23-18)14-7-6-13(20)8-15(14)21/h1-8,10H,9,11H2,(H,22,23). The van der Waals surface area contributed by atoms with Crippen molar-refractivity contribution in [2.45, 2.75) is 6.54 Å². The Kier molecular flexibility index (Phi) is 5.63. The highest BCUT2D eigenvalue weighted by Crippen LogP contribution is 2.30. The zero-order valence-corrected chi connectivity index (χ0v) is 15.3. The first-order chi connectivity index (χ1) is 12.1. The highest BCUT2D eigenvalue weighted by atomic mass is 35.5. The molecule has 0 aliphatic heterocycles. The van der Waals surface area contributed by atoms with Gasteiger partial charge in [0.05, 0.1) is 23.5 Å². The minimum Gasteiger partial charge on any atom is -0.324 e. The predicted molar refractivity (Wildman–Crippen MR) is 102 cm³/mol. The van der Waals surface area contributed by atoms with Gasteiger partial charge in [0.1, 0.15) is 5.88 Å². The van der Waals surface area contributed by atoms with Crippen molar-refractivity contribution in [1.29, 1.82) is 0 Å². The van der Waals surface area contributed by atoms with E-state index < -0.39 is 0 Å². The molecule has 1 heterocycles. The van der Waals surface area contributed by atoms with E-state index >= 15 is 0 Å². The van der Waals surface area contributed by atoms with E-state index in [9.17, 15) is 4.79 Å². The average molecular weight is 395 g/mol. The molecule has 0 saturated heterocycles. The third-order valence-corrected chi connectivity index (χ3v) is 4.41. The van der Waals surface area contributed by atoms with Crippen molar-refractivity contribution >= 4 is 46.7 Å². The molecule has 0 aliphatic rings. The van der Waals surface area contributed by atoms with Crippen LogP contribution in [0, 0.1) is 0 Å². The largest absolute Gasteiger partial charge is 0.324 e. The lowest BCUT2D eigenvalue weighted by molar-refractivity contribution is -0.116. The molecule has 3 rings (SSSR count). The molecule has 0 atom stereocenters. The Morgan fingerprint density at radius 3 is 2.56 bits per heavy atom. The summed E-state index contributed by atoms with van der Waals surface area (Å²) >= 11 is 17.9. The maximum atomic E-state index is 12.3. The van der Waals surface area contributed by atoms with Gasteiger partial charge in [-0.2, -0.15) is 0 Å². The number of hydrogen-bond acceptors (Lipinski definition) is 2. The van der Waals surface area contributed by atoms with E-state index in [1.807, 2.05) is 30.3 Å². The molecule has 0 saturated carbocycles. The molecular formula is C18H14Cl3N3O. The maximum absolute atomic E-state index is 12.3. The Hall–Kier alpha value is -2.01. The summed E-state index contributed by atoms with van der Waals surface area (Å²) in [6.45, 7) is 0.369. The SMILES string of the molecule is O=C(CCl)N(Cc1ccccc1)c1ncc(-c2ccc(Cl)cc2Cl)[nH]1. The third-order valence-electron chi connectivity index (χ3n) is 3.64. The number of rotatable bonds is 5. The summed E-state index contributed by atoms with van der Waals surface area (Å²) in [5, 5.41) is 1.05. The van der Waals surface area contributed by atoms with E-state index in [-0.39, 0.29) is 11.8 Å². The number of nitrogens with one attached hydrogen (secondary N) is 1. The number of nitrogens with zero attached hydrogens (tertiary/aromatic N) is 2. The van der Waals surface area contributed by atoms with Crippen molar-refractivity contribution in [3.8, 4) is 11.3 Å². The second-order valence-corrected chi connectivity index (χ2v) is 6.45. The van der Waals surface area contributed by atoms with Gasteiger partial charge in [-0.25, -0.2) is 4.98 Å². The summed E-state index contributed by atoms with van der Waals surface area (Å²) in [4.78, 5) is 21.2. The molecule has 128 valence electrons. The number of imidazole rings is 1.